The maximum Gasteiger partial charge on any atom is 0.408 e. The molecule has 2 atom stereocenters. The quantitative estimate of drug-likeness (QED) is 0.397. The molecule has 1 aromatic heterocycles. The van der Waals surface area contributed by atoms with Gasteiger partial charge in [0.05, 0.1) is 6.21 Å². The van der Waals surface area contributed by atoms with Crippen molar-refractivity contribution >= 4 is 34.8 Å². The number of halogens is 2. The van der Waals surface area contributed by atoms with E-state index in [2.05, 4.69) is 14.7 Å². The summed E-state index contributed by atoms with van der Waals surface area (Å²) in [4.78, 5) is 17.1. The van der Waals surface area contributed by atoms with E-state index in [9.17, 15) is 18.1 Å². The second-order valence-corrected chi connectivity index (χ2v) is 12.6. The minimum Gasteiger partial charge on any atom is -0.591 e. The van der Waals surface area contributed by atoms with Gasteiger partial charge in [-0.2, -0.15) is 0 Å². The van der Waals surface area contributed by atoms with E-state index in [1.807, 2.05) is 20.8 Å². The maximum absolute atomic E-state index is 13.8. The first-order chi connectivity index (χ1) is 15.6. The second-order valence-electron chi connectivity index (χ2n) is 10.7. The molecule has 3 rings (SSSR count). The first kappa shape index (κ1) is 26.4. The van der Waals surface area contributed by atoms with Crippen LogP contribution >= 0.6 is 0 Å². The van der Waals surface area contributed by atoms with Crippen molar-refractivity contribution in [3.8, 4) is 0 Å². The number of fused-ring (bicyclic) bond motifs is 1. The van der Waals surface area contributed by atoms with Crippen molar-refractivity contribution in [2.75, 3.05) is 0 Å². The number of hydrogen-bond donors (Lipinski definition) is 1. The first-order valence-electron chi connectivity index (χ1n) is 11.4. The lowest BCUT2D eigenvalue weighted by molar-refractivity contribution is -0.0509. The molecular formula is C24H33F2N3O4S. The predicted octanol–water partition coefficient (Wildman–Crippen LogP) is 6.10. The molecule has 1 amide bonds. The Labute approximate surface area is 202 Å². The highest BCUT2D eigenvalue weighted by atomic mass is 32.2. The number of benzene rings is 1. The van der Waals surface area contributed by atoms with E-state index in [-0.39, 0.29) is 37.5 Å². The van der Waals surface area contributed by atoms with Crippen LogP contribution in [0.15, 0.2) is 27.0 Å². The number of alkyl carbamates (subject to hydrolysis) is 1. The third-order valence-corrected chi connectivity index (χ3v) is 6.77. The van der Waals surface area contributed by atoms with Crippen LogP contribution in [0.25, 0.3) is 11.1 Å². The van der Waals surface area contributed by atoms with Gasteiger partial charge in [0.1, 0.15) is 33.3 Å². The summed E-state index contributed by atoms with van der Waals surface area (Å²) in [5.74, 6) is -2.73. The molecule has 1 heterocycles. The average molecular weight is 498 g/mol. The summed E-state index contributed by atoms with van der Waals surface area (Å²) in [6.07, 6.45) is 0.807. The molecule has 1 aromatic carbocycles. The lowest BCUT2D eigenvalue weighted by Gasteiger charge is -2.33. The molecule has 0 radical (unpaired) electrons. The Balaban J connectivity index is 1.87. The van der Waals surface area contributed by atoms with Gasteiger partial charge >= 0.3 is 6.09 Å². The molecule has 1 unspecified atom stereocenters. The topological polar surface area (TPSA) is 99.8 Å². The average Bonchev–Trinajstić information content (AvgIpc) is 3.11. The number of alkyl halides is 2. The van der Waals surface area contributed by atoms with E-state index < -0.39 is 39.8 Å². The molecule has 7 nitrogen and oxygen atoms in total. The lowest BCUT2D eigenvalue weighted by atomic mass is 9.82. The summed E-state index contributed by atoms with van der Waals surface area (Å²) in [5, 5.41) is 2.79. The normalized spacial score (nSPS) is 19.3. The molecule has 0 saturated heterocycles. The summed E-state index contributed by atoms with van der Waals surface area (Å²) >= 11 is -1.40. The molecule has 1 N–H and O–H groups in total. The molecule has 0 aliphatic heterocycles. The van der Waals surface area contributed by atoms with Crippen LogP contribution in [0.1, 0.15) is 84.7 Å². The van der Waals surface area contributed by atoms with Crippen molar-refractivity contribution in [3.05, 3.63) is 29.7 Å². The van der Waals surface area contributed by atoms with Gasteiger partial charge in [-0.1, -0.05) is 4.40 Å². The predicted molar refractivity (Wildman–Crippen MR) is 129 cm³/mol. The van der Waals surface area contributed by atoms with Crippen molar-refractivity contribution in [2.24, 2.45) is 10.3 Å². The number of carbonyl (C=O) groups excluding carboxylic acids is 1. The Morgan fingerprint density at radius 2 is 1.94 bits per heavy atom. The SMILES string of the molecule is CC(C)(C)OC(=O)N[C@H](c1nc2cc(C=N[S+]([O-])C(C)(C)C)ccc2o1)C1CCC(F)(F)CC1. The van der Waals surface area contributed by atoms with Crippen LogP contribution in [0.2, 0.25) is 0 Å². The molecule has 2 aromatic rings. The van der Waals surface area contributed by atoms with Crippen LogP contribution in [0.4, 0.5) is 13.6 Å². The van der Waals surface area contributed by atoms with E-state index in [0.29, 0.717) is 16.7 Å². The lowest BCUT2D eigenvalue weighted by Crippen LogP contribution is -2.40. The number of nitrogens with one attached hydrogen (secondary N) is 1. The Morgan fingerprint density at radius 3 is 2.53 bits per heavy atom. The first-order valence-corrected chi connectivity index (χ1v) is 12.5. The third kappa shape index (κ3) is 7.15. The van der Waals surface area contributed by atoms with Gasteiger partial charge in [0, 0.05) is 12.8 Å². The molecule has 10 heteroatoms. The van der Waals surface area contributed by atoms with Crippen molar-refractivity contribution in [3.63, 3.8) is 0 Å². The molecule has 1 fully saturated rings. The smallest absolute Gasteiger partial charge is 0.408 e. The highest BCUT2D eigenvalue weighted by molar-refractivity contribution is 7.91. The molecular weight excluding hydrogens is 464 g/mol. The molecule has 1 aliphatic carbocycles. The molecule has 34 heavy (non-hydrogen) atoms. The zero-order chi connectivity index (χ0) is 25.3. The number of amides is 1. The fourth-order valence-corrected chi connectivity index (χ4v) is 4.19. The van der Waals surface area contributed by atoms with Crippen LogP contribution in [0, 0.1) is 5.92 Å². The van der Waals surface area contributed by atoms with E-state index in [1.165, 1.54) is 6.21 Å². The van der Waals surface area contributed by atoms with Gasteiger partial charge < -0.3 is 19.0 Å². The van der Waals surface area contributed by atoms with Crippen molar-refractivity contribution in [1.29, 1.82) is 0 Å². The number of oxazole rings is 1. The standard InChI is InChI=1S/C24H33F2N3O4S/c1-22(2,3)33-21(30)29-19(16-9-11-24(25,26)12-10-16)20-28-17-13-15(7-8-18(17)32-20)14-27-34(31)23(4,5)6/h7-8,13-14,16,19H,9-12H2,1-6H3,(H,29,30)/t19-,34?/m0/s1. The highest BCUT2D eigenvalue weighted by Gasteiger charge is 2.40. The fourth-order valence-electron chi connectivity index (χ4n) is 3.65. The van der Waals surface area contributed by atoms with Gasteiger partial charge in [0.15, 0.2) is 5.58 Å². The van der Waals surface area contributed by atoms with Crippen LogP contribution in [0.3, 0.4) is 0 Å². The number of nitrogens with zero attached hydrogens (tertiary/aromatic N) is 2. The van der Waals surface area contributed by atoms with Crippen molar-refractivity contribution < 1.29 is 27.3 Å². The van der Waals surface area contributed by atoms with Gasteiger partial charge in [-0.05, 0) is 84.1 Å². The van der Waals surface area contributed by atoms with E-state index >= 15 is 0 Å². The number of ether oxygens (including phenoxy) is 1. The number of hydrogen-bond acceptors (Lipinski definition) is 6. The zero-order valence-corrected chi connectivity index (χ0v) is 21.3. The van der Waals surface area contributed by atoms with Crippen LogP contribution in [0.5, 0.6) is 0 Å². The second kappa shape index (κ2) is 9.81. The van der Waals surface area contributed by atoms with Crippen molar-refractivity contribution in [2.45, 2.75) is 89.5 Å². The fraction of sp³-hybridized carbons (Fsp3) is 0.625. The van der Waals surface area contributed by atoms with Gasteiger partial charge in [-0.15, -0.1) is 0 Å². The van der Waals surface area contributed by atoms with Crippen molar-refractivity contribution in [1.82, 2.24) is 10.3 Å². The molecule has 0 bridgehead atoms. The van der Waals surface area contributed by atoms with Crippen LogP contribution in [-0.4, -0.2) is 38.1 Å². The Kier molecular flexibility index (Phi) is 7.62. The van der Waals surface area contributed by atoms with Gasteiger partial charge in [0.2, 0.25) is 11.8 Å². The Morgan fingerprint density at radius 1 is 1.29 bits per heavy atom. The van der Waals surface area contributed by atoms with E-state index in [4.69, 9.17) is 9.15 Å². The molecule has 0 spiro atoms. The van der Waals surface area contributed by atoms with Crippen LogP contribution in [-0.2, 0) is 16.1 Å². The number of carbonyl (C=O) groups is 1. The minimum absolute atomic E-state index is 0.225. The number of rotatable bonds is 5. The third-order valence-electron chi connectivity index (χ3n) is 5.42. The zero-order valence-electron chi connectivity index (χ0n) is 20.5. The van der Waals surface area contributed by atoms with Gasteiger partial charge in [-0.25, -0.2) is 18.6 Å². The molecule has 188 valence electrons. The monoisotopic (exact) mass is 497 g/mol. The van der Waals surface area contributed by atoms with Gasteiger partial charge in [0.25, 0.3) is 0 Å². The molecule has 1 saturated carbocycles. The summed E-state index contributed by atoms with van der Waals surface area (Å²) in [6, 6.07) is 4.51. The van der Waals surface area contributed by atoms with E-state index in [0.717, 1.165) is 0 Å². The van der Waals surface area contributed by atoms with Gasteiger partial charge in [-0.3, -0.25) is 0 Å². The summed E-state index contributed by atoms with van der Waals surface area (Å²) < 4.78 is 54.7. The van der Waals surface area contributed by atoms with E-state index in [1.54, 1.807) is 39.0 Å². The molecule has 1 aliphatic rings. The minimum atomic E-state index is -2.70. The summed E-state index contributed by atoms with van der Waals surface area (Å²) in [6.45, 7) is 10.8. The summed E-state index contributed by atoms with van der Waals surface area (Å²) in [7, 11) is 0. The Hall–Kier alpha value is -2.20. The maximum atomic E-state index is 13.8. The summed E-state index contributed by atoms with van der Waals surface area (Å²) in [5.41, 5.74) is 0.995. The van der Waals surface area contributed by atoms with Crippen LogP contribution < -0.4 is 5.32 Å². The highest BCUT2D eigenvalue weighted by Crippen LogP contribution is 2.41. The Bertz CT molecular complexity index is 1030. The number of aromatic nitrogens is 1. The largest absolute Gasteiger partial charge is 0.591 e.